The molecule has 0 aromatic heterocycles. The van der Waals surface area contributed by atoms with Crippen molar-refractivity contribution in [2.45, 2.75) is 36.1 Å². The van der Waals surface area contributed by atoms with E-state index in [9.17, 15) is 24.6 Å². The number of nitrogens with zero attached hydrogens (tertiary/aromatic N) is 2. The molecule has 2 amide bonds. The Bertz CT molecular complexity index is 478. The number of aliphatic carboxylic acids is 1. The molecule has 0 aromatic carbocycles. The van der Waals surface area contributed by atoms with Gasteiger partial charge in [0.05, 0.1) is 5.37 Å². The van der Waals surface area contributed by atoms with Gasteiger partial charge in [-0.1, -0.05) is 0 Å². The molecule has 2 aliphatic rings. The summed E-state index contributed by atoms with van der Waals surface area (Å²) in [4.78, 5) is 37.7. The predicted molar refractivity (Wildman–Crippen MR) is 71.9 cm³/mol. The lowest BCUT2D eigenvalue weighted by Gasteiger charge is -2.45. The number of aliphatic hydroxyl groups excluding tert-OH is 1. The lowest BCUT2D eigenvalue weighted by atomic mass is 9.87. The van der Waals surface area contributed by atoms with Crippen molar-refractivity contribution < 1.29 is 24.6 Å². The highest BCUT2D eigenvalue weighted by molar-refractivity contribution is 8.01. The number of likely N-dealkylation sites (N-methyl/N-ethyl adjacent to an activating group) is 1. The number of rotatable bonds is 3. The first kappa shape index (κ1) is 15.1. The van der Waals surface area contributed by atoms with Crippen LogP contribution in [0.5, 0.6) is 0 Å². The van der Waals surface area contributed by atoms with Crippen molar-refractivity contribution in [2.75, 3.05) is 14.1 Å². The van der Waals surface area contributed by atoms with Gasteiger partial charge in [0.15, 0.2) is 0 Å². The summed E-state index contributed by atoms with van der Waals surface area (Å²) >= 11 is 1.32. The Hall–Kier alpha value is -1.28. The average molecular weight is 302 g/mol. The van der Waals surface area contributed by atoms with Gasteiger partial charge in [0.1, 0.15) is 18.1 Å². The zero-order chi connectivity index (χ0) is 15.4. The molecule has 2 fully saturated rings. The summed E-state index contributed by atoms with van der Waals surface area (Å²) in [5.74, 6) is -2.94. The Morgan fingerprint density at radius 3 is 2.40 bits per heavy atom. The highest BCUT2D eigenvalue weighted by Gasteiger charge is 2.66. The molecule has 0 aliphatic carbocycles. The van der Waals surface area contributed by atoms with Gasteiger partial charge < -0.3 is 20.0 Å². The zero-order valence-corrected chi connectivity index (χ0v) is 12.5. The summed E-state index contributed by atoms with van der Waals surface area (Å²) in [7, 11) is 3.00. The Morgan fingerprint density at radius 1 is 1.40 bits per heavy atom. The SMILES string of the molecule is CN(C)C(=O)[C@@H](O)[C@@H]1C(=O)N2[C@@H]1SC(C)(C)[C@@H]2C(=O)O. The second-order valence-corrected chi connectivity index (χ2v) is 7.57. The molecule has 20 heavy (non-hydrogen) atoms. The van der Waals surface area contributed by atoms with Crippen molar-refractivity contribution in [1.82, 2.24) is 9.80 Å². The number of aliphatic hydroxyl groups is 1. The summed E-state index contributed by atoms with van der Waals surface area (Å²) in [5.41, 5.74) is 0. The molecule has 0 unspecified atom stereocenters. The molecule has 2 rings (SSSR count). The van der Waals surface area contributed by atoms with E-state index in [-0.39, 0.29) is 0 Å². The number of β-lactam (4-membered cyclic amide) rings is 1. The fourth-order valence-electron chi connectivity index (χ4n) is 2.75. The van der Waals surface area contributed by atoms with Gasteiger partial charge in [0.2, 0.25) is 5.91 Å². The van der Waals surface area contributed by atoms with E-state index < -0.39 is 46.0 Å². The largest absolute Gasteiger partial charge is 0.480 e. The fourth-order valence-corrected chi connectivity index (χ4v) is 4.47. The Kier molecular flexibility index (Phi) is 3.50. The highest BCUT2D eigenvalue weighted by atomic mass is 32.2. The molecule has 2 N–H and O–H groups in total. The van der Waals surface area contributed by atoms with E-state index in [1.54, 1.807) is 13.8 Å². The summed E-state index contributed by atoms with van der Waals surface area (Å²) in [6.07, 6.45) is -1.42. The van der Waals surface area contributed by atoms with Crippen molar-refractivity contribution in [1.29, 1.82) is 0 Å². The second-order valence-electron chi connectivity index (χ2n) is 5.80. The maximum atomic E-state index is 12.1. The smallest absolute Gasteiger partial charge is 0.327 e. The molecule has 2 saturated heterocycles. The van der Waals surface area contributed by atoms with Crippen molar-refractivity contribution in [3.63, 3.8) is 0 Å². The maximum absolute atomic E-state index is 12.1. The van der Waals surface area contributed by atoms with Crippen LogP contribution in [-0.4, -0.2) is 74.2 Å². The maximum Gasteiger partial charge on any atom is 0.327 e. The highest BCUT2D eigenvalue weighted by Crippen LogP contribution is 2.54. The monoisotopic (exact) mass is 302 g/mol. The van der Waals surface area contributed by atoms with Crippen LogP contribution in [0.3, 0.4) is 0 Å². The first-order valence-electron chi connectivity index (χ1n) is 6.21. The number of hydrogen-bond acceptors (Lipinski definition) is 5. The van der Waals surface area contributed by atoms with Crippen molar-refractivity contribution in [2.24, 2.45) is 5.92 Å². The van der Waals surface area contributed by atoms with Crippen molar-refractivity contribution in [3.05, 3.63) is 0 Å². The van der Waals surface area contributed by atoms with E-state index >= 15 is 0 Å². The second kappa shape index (κ2) is 4.63. The number of thioether (sulfide) groups is 1. The van der Waals surface area contributed by atoms with E-state index in [1.807, 2.05) is 0 Å². The van der Waals surface area contributed by atoms with Gasteiger partial charge in [-0.05, 0) is 13.8 Å². The van der Waals surface area contributed by atoms with Gasteiger partial charge >= 0.3 is 5.97 Å². The van der Waals surface area contributed by atoms with Gasteiger partial charge in [0.25, 0.3) is 5.91 Å². The summed E-state index contributed by atoms with van der Waals surface area (Å²) in [5, 5.41) is 18.8. The van der Waals surface area contributed by atoms with E-state index in [2.05, 4.69) is 0 Å². The van der Waals surface area contributed by atoms with Crippen LogP contribution in [-0.2, 0) is 14.4 Å². The normalized spacial score (nSPS) is 32.4. The van der Waals surface area contributed by atoms with Crippen LogP contribution in [0.1, 0.15) is 13.8 Å². The molecular weight excluding hydrogens is 284 g/mol. The number of carbonyl (C=O) groups excluding carboxylic acids is 2. The molecule has 0 saturated carbocycles. The summed E-state index contributed by atoms with van der Waals surface area (Å²) in [6.45, 7) is 3.50. The fraction of sp³-hybridized carbons (Fsp3) is 0.750. The minimum absolute atomic E-state index is 0.461. The van der Waals surface area contributed by atoms with Crippen molar-refractivity contribution in [3.8, 4) is 0 Å². The van der Waals surface area contributed by atoms with Gasteiger partial charge in [-0.3, -0.25) is 9.59 Å². The Morgan fingerprint density at radius 2 is 1.95 bits per heavy atom. The average Bonchev–Trinajstić information content (AvgIpc) is 2.56. The van der Waals surface area contributed by atoms with Crippen LogP contribution < -0.4 is 0 Å². The number of hydrogen-bond donors (Lipinski definition) is 2. The molecule has 112 valence electrons. The first-order valence-corrected chi connectivity index (χ1v) is 7.09. The molecule has 7 nitrogen and oxygen atoms in total. The molecule has 0 spiro atoms. The van der Waals surface area contributed by atoms with Gasteiger partial charge in [-0.15, -0.1) is 11.8 Å². The topological polar surface area (TPSA) is 98.2 Å². The predicted octanol–water partition coefficient (Wildman–Crippen LogP) is -0.801. The molecule has 0 bridgehead atoms. The van der Waals surface area contributed by atoms with Crippen LogP contribution in [0, 0.1) is 5.92 Å². The van der Waals surface area contributed by atoms with E-state index in [0.29, 0.717) is 0 Å². The van der Waals surface area contributed by atoms with Gasteiger partial charge in [-0.25, -0.2) is 4.79 Å². The Labute approximate surface area is 120 Å². The van der Waals surface area contributed by atoms with Crippen LogP contribution >= 0.6 is 11.8 Å². The first-order chi connectivity index (χ1) is 9.09. The number of carboxylic acid groups (broad SMARTS) is 1. The number of fused-ring (bicyclic) bond motifs is 1. The van der Waals surface area contributed by atoms with Gasteiger partial charge in [0, 0.05) is 18.8 Å². The quantitative estimate of drug-likeness (QED) is 0.662. The molecule has 0 radical (unpaired) electrons. The van der Waals surface area contributed by atoms with Crippen LogP contribution in [0.4, 0.5) is 0 Å². The standard InChI is InChI=1S/C12H18N2O5S/c1-12(2)7(11(18)19)14-8(16)5(10(14)20-12)6(15)9(17)13(3)4/h5-7,10,15H,1-4H3,(H,18,19)/t5-,6+,7+,10-/m1/s1. The van der Waals surface area contributed by atoms with Crippen LogP contribution in [0.25, 0.3) is 0 Å². The molecule has 2 heterocycles. The van der Waals surface area contributed by atoms with Crippen LogP contribution in [0.15, 0.2) is 0 Å². The lowest BCUT2D eigenvalue weighted by Crippen LogP contribution is -2.67. The molecule has 2 aliphatic heterocycles. The summed E-state index contributed by atoms with van der Waals surface area (Å²) in [6, 6.07) is -0.928. The molecular formula is C12H18N2O5S. The van der Waals surface area contributed by atoms with E-state index in [1.165, 1.54) is 35.7 Å². The van der Waals surface area contributed by atoms with E-state index in [0.717, 1.165) is 0 Å². The zero-order valence-electron chi connectivity index (χ0n) is 11.7. The lowest BCUT2D eigenvalue weighted by molar-refractivity contribution is -0.172. The van der Waals surface area contributed by atoms with Gasteiger partial charge in [-0.2, -0.15) is 0 Å². The third-order valence-corrected chi connectivity index (χ3v) is 5.34. The minimum Gasteiger partial charge on any atom is -0.480 e. The van der Waals surface area contributed by atoms with E-state index in [4.69, 9.17) is 0 Å². The number of carboxylic acids is 1. The van der Waals surface area contributed by atoms with Crippen LogP contribution in [0.2, 0.25) is 0 Å². The Balaban J connectivity index is 2.23. The molecule has 0 aromatic rings. The third-order valence-electron chi connectivity index (χ3n) is 3.75. The number of amides is 2. The third kappa shape index (κ3) is 1.98. The molecule has 8 heteroatoms. The molecule has 4 atom stereocenters. The minimum atomic E-state index is -1.42. The number of carbonyl (C=O) groups is 3. The summed E-state index contributed by atoms with van der Waals surface area (Å²) < 4.78 is -0.651. The van der Waals surface area contributed by atoms with Crippen molar-refractivity contribution >= 4 is 29.5 Å².